The van der Waals surface area contributed by atoms with Crippen LogP contribution >= 0.6 is 0 Å². The number of carbonyl (C=O) groups is 1. The Bertz CT molecular complexity index is 392. The van der Waals surface area contributed by atoms with Crippen LogP contribution in [0.1, 0.15) is 11.1 Å². The van der Waals surface area contributed by atoms with Gasteiger partial charge in [-0.15, -0.1) is 0 Å². The van der Waals surface area contributed by atoms with E-state index in [1.807, 2.05) is 12.1 Å². The number of hydrogen-bond acceptors (Lipinski definition) is 3. The molecule has 0 aliphatic carbocycles. The summed E-state index contributed by atoms with van der Waals surface area (Å²) < 4.78 is 10.4. The number of ether oxygens (including phenoxy) is 2. The molecule has 0 bridgehead atoms. The van der Waals surface area contributed by atoms with Crippen molar-refractivity contribution in [3.63, 3.8) is 0 Å². The van der Waals surface area contributed by atoms with E-state index in [0.29, 0.717) is 13.2 Å². The summed E-state index contributed by atoms with van der Waals surface area (Å²) in [4.78, 5) is 11.2. The summed E-state index contributed by atoms with van der Waals surface area (Å²) in [5, 5.41) is 2.80. The zero-order chi connectivity index (χ0) is 12.1. The lowest BCUT2D eigenvalue weighted by atomic mass is 9.99. The number of rotatable bonds is 4. The van der Waals surface area contributed by atoms with Crippen LogP contribution in [0.25, 0.3) is 0 Å². The van der Waals surface area contributed by atoms with E-state index in [1.54, 1.807) is 0 Å². The molecule has 4 heteroatoms. The predicted molar refractivity (Wildman–Crippen MR) is 63.6 cm³/mol. The molecule has 1 unspecified atom stereocenters. The minimum absolute atomic E-state index is 0.0608. The maximum absolute atomic E-state index is 11.2. The van der Waals surface area contributed by atoms with Crippen LogP contribution in [-0.2, 0) is 27.3 Å². The van der Waals surface area contributed by atoms with Gasteiger partial charge in [0.2, 0.25) is 5.91 Å². The van der Waals surface area contributed by atoms with Crippen molar-refractivity contribution in [1.82, 2.24) is 5.32 Å². The van der Waals surface area contributed by atoms with Crippen LogP contribution in [0, 0.1) is 0 Å². The number of benzene rings is 1. The number of hydrogen-bond donors (Lipinski definition) is 1. The lowest BCUT2D eigenvalue weighted by Crippen LogP contribution is -2.38. The Morgan fingerprint density at radius 2 is 2.24 bits per heavy atom. The molecule has 1 aromatic rings. The van der Waals surface area contributed by atoms with Gasteiger partial charge in [-0.1, -0.05) is 24.3 Å². The minimum Gasteiger partial charge on any atom is -0.375 e. The lowest BCUT2D eigenvalue weighted by molar-refractivity contribution is -0.125. The van der Waals surface area contributed by atoms with Gasteiger partial charge in [-0.3, -0.25) is 4.79 Å². The molecule has 4 nitrogen and oxygen atoms in total. The maximum atomic E-state index is 11.2. The first-order valence-corrected chi connectivity index (χ1v) is 5.73. The molecule has 1 aromatic carbocycles. The molecule has 92 valence electrons. The predicted octanol–water partition coefficient (Wildman–Crippen LogP) is 0.890. The number of fused-ring (bicyclic) bond motifs is 1. The van der Waals surface area contributed by atoms with Crippen LogP contribution in [0.15, 0.2) is 24.3 Å². The van der Waals surface area contributed by atoms with Gasteiger partial charge in [-0.2, -0.15) is 0 Å². The Labute approximate surface area is 101 Å². The highest BCUT2D eigenvalue weighted by atomic mass is 16.5. The largest absolute Gasteiger partial charge is 0.375 e. The summed E-state index contributed by atoms with van der Waals surface area (Å²) in [5.41, 5.74) is 2.55. The SMILES string of the molecule is COCC(=O)NCC1Cc2ccccc2CO1. The molecule has 1 aliphatic heterocycles. The second-order valence-electron chi connectivity index (χ2n) is 4.14. The molecule has 0 saturated carbocycles. The van der Waals surface area contributed by atoms with Gasteiger partial charge in [0.05, 0.1) is 12.7 Å². The third-order valence-electron chi connectivity index (χ3n) is 2.84. The van der Waals surface area contributed by atoms with E-state index in [9.17, 15) is 4.79 Å². The van der Waals surface area contributed by atoms with E-state index >= 15 is 0 Å². The topological polar surface area (TPSA) is 47.6 Å². The molecule has 17 heavy (non-hydrogen) atoms. The van der Waals surface area contributed by atoms with Gasteiger partial charge in [-0.05, 0) is 11.1 Å². The molecule has 1 N–H and O–H groups in total. The minimum atomic E-state index is -0.102. The van der Waals surface area contributed by atoms with Gasteiger partial charge in [0.15, 0.2) is 0 Å². The second-order valence-corrected chi connectivity index (χ2v) is 4.14. The molecule has 0 saturated heterocycles. The highest BCUT2D eigenvalue weighted by molar-refractivity contribution is 5.77. The van der Waals surface area contributed by atoms with Crippen molar-refractivity contribution in [3.8, 4) is 0 Å². The molecular weight excluding hydrogens is 218 g/mol. The summed E-state index contributed by atoms with van der Waals surface area (Å²) in [7, 11) is 1.51. The Morgan fingerprint density at radius 1 is 1.47 bits per heavy atom. The zero-order valence-corrected chi connectivity index (χ0v) is 9.94. The number of nitrogens with one attached hydrogen (secondary N) is 1. The van der Waals surface area contributed by atoms with Gasteiger partial charge in [0, 0.05) is 20.1 Å². The van der Waals surface area contributed by atoms with Crippen LogP contribution < -0.4 is 5.32 Å². The molecule has 1 heterocycles. The average molecular weight is 235 g/mol. The summed E-state index contributed by atoms with van der Waals surface area (Å²) in [5.74, 6) is -0.102. The first-order chi connectivity index (χ1) is 8.29. The Kier molecular flexibility index (Phi) is 4.12. The van der Waals surface area contributed by atoms with Crippen LogP contribution in [-0.4, -0.2) is 32.3 Å². The molecule has 0 aromatic heterocycles. The van der Waals surface area contributed by atoms with Gasteiger partial charge in [0.1, 0.15) is 6.61 Å². The fraction of sp³-hybridized carbons (Fsp3) is 0.462. The van der Waals surface area contributed by atoms with Crippen LogP contribution in [0.5, 0.6) is 0 Å². The Morgan fingerprint density at radius 3 is 3.00 bits per heavy atom. The van der Waals surface area contributed by atoms with Crippen LogP contribution in [0.2, 0.25) is 0 Å². The van der Waals surface area contributed by atoms with Gasteiger partial charge >= 0.3 is 0 Å². The molecular formula is C13H17NO3. The van der Waals surface area contributed by atoms with Crippen LogP contribution in [0.4, 0.5) is 0 Å². The zero-order valence-electron chi connectivity index (χ0n) is 9.94. The van der Waals surface area contributed by atoms with Gasteiger partial charge < -0.3 is 14.8 Å². The van der Waals surface area contributed by atoms with Crippen molar-refractivity contribution in [2.24, 2.45) is 0 Å². The lowest BCUT2D eigenvalue weighted by Gasteiger charge is -2.25. The van der Waals surface area contributed by atoms with Gasteiger partial charge in [0.25, 0.3) is 0 Å². The number of carbonyl (C=O) groups excluding carboxylic acids is 1. The quantitative estimate of drug-likeness (QED) is 0.843. The van der Waals surface area contributed by atoms with E-state index in [0.717, 1.165) is 6.42 Å². The maximum Gasteiger partial charge on any atom is 0.246 e. The molecule has 0 radical (unpaired) electrons. The monoisotopic (exact) mass is 235 g/mol. The third-order valence-corrected chi connectivity index (χ3v) is 2.84. The Hall–Kier alpha value is -1.39. The third kappa shape index (κ3) is 3.28. The fourth-order valence-electron chi connectivity index (χ4n) is 1.95. The van der Waals surface area contributed by atoms with Crippen molar-refractivity contribution in [2.75, 3.05) is 20.3 Å². The van der Waals surface area contributed by atoms with Crippen LogP contribution in [0.3, 0.4) is 0 Å². The van der Waals surface area contributed by atoms with E-state index in [-0.39, 0.29) is 18.6 Å². The van der Waals surface area contributed by atoms with Crippen molar-refractivity contribution in [1.29, 1.82) is 0 Å². The second kappa shape index (κ2) is 5.80. The molecule has 1 atom stereocenters. The first kappa shape index (κ1) is 12.1. The summed E-state index contributed by atoms with van der Waals surface area (Å²) >= 11 is 0. The Balaban J connectivity index is 1.84. The van der Waals surface area contributed by atoms with Crippen molar-refractivity contribution < 1.29 is 14.3 Å². The average Bonchev–Trinajstić information content (AvgIpc) is 2.36. The van der Waals surface area contributed by atoms with E-state index in [4.69, 9.17) is 9.47 Å². The molecule has 1 amide bonds. The van der Waals surface area contributed by atoms with E-state index in [2.05, 4.69) is 17.4 Å². The van der Waals surface area contributed by atoms with E-state index in [1.165, 1.54) is 18.2 Å². The summed E-state index contributed by atoms with van der Waals surface area (Å²) in [6.07, 6.45) is 0.911. The fourth-order valence-corrected chi connectivity index (χ4v) is 1.95. The highest BCUT2D eigenvalue weighted by Gasteiger charge is 2.18. The molecule has 0 fully saturated rings. The number of amides is 1. The van der Waals surface area contributed by atoms with Crippen molar-refractivity contribution >= 4 is 5.91 Å². The molecule has 2 rings (SSSR count). The molecule has 0 spiro atoms. The normalized spacial score (nSPS) is 18.5. The van der Waals surface area contributed by atoms with E-state index < -0.39 is 0 Å². The van der Waals surface area contributed by atoms with Gasteiger partial charge in [-0.25, -0.2) is 0 Å². The molecule has 1 aliphatic rings. The smallest absolute Gasteiger partial charge is 0.246 e. The standard InChI is InChI=1S/C13H17NO3/c1-16-9-13(15)14-7-12-6-10-4-2-3-5-11(10)8-17-12/h2-5,12H,6-9H2,1H3,(H,14,15). The summed E-state index contributed by atoms with van der Waals surface area (Å²) in [6, 6.07) is 8.24. The van der Waals surface area contributed by atoms with Crippen molar-refractivity contribution in [2.45, 2.75) is 19.1 Å². The highest BCUT2D eigenvalue weighted by Crippen LogP contribution is 2.19. The van der Waals surface area contributed by atoms with Crippen molar-refractivity contribution in [3.05, 3.63) is 35.4 Å². The number of methoxy groups -OCH3 is 1. The summed E-state index contributed by atoms with van der Waals surface area (Å²) in [6.45, 7) is 1.26. The first-order valence-electron chi connectivity index (χ1n) is 5.73.